The Kier molecular flexibility index (Phi) is 4.17. The highest BCUT2D eigenvalue weighted by atomic mass is 19.2. The molecule has 0 aromatic heterocycles. The monoisotopic (exact) mass is 281 g/mol. The van der Waals surface area contributed by atoms with Gasteiger partial charge in [-0.3, -0.25) is 0 Å². The molecular weight excluding hydrogens is 267 g/mol. The highest BCUT2D eigenvalue weighted by Gasteiger charge is 2.10. The van der Waals surface area contributed by atoms with Gasteiger partial charge in [-0.1, -0.05) is 6.07 Å². The molecule has 0 aliphatic heterocycles. The first-order valence-corrected chi connectivity index (χ1v) is 6.03. The lowest BCUT2D eigenvalue weighted by atomic mass is 10.1. The Morgan fingerprint density at radius 3 is 2.40 bits per heavy atom. The summed E-state index contributed by atoms with van der Waals surface area (Å²) in [6.07, 6.45) is 0. The lowest BCUT2D eigenvalue weighted by molar-refractivity contribution is 0.416. The highest BCUT2D eigenvalue weighted by molar-refractivity contribution is 5.57. The minimum absolute atomic E-state index is 0.0302. The fourth-order valence-corrected chi connectivity index (χ4v) is 1.83. The van der Waals surface area contributed by atoms with Crippen molar-refractivity contribution in [3.8, 4) is 5.75 Å². The van der Waals surface area contributed by atoms with Gasteiger partial charge in [0, 0.05) is 18.2 Å². The van der Waals surface area contributed by atoms with Gasteiger partial charge in [0.1, 0.15) is 11.6 Å². The molecule has 0 unspecified atom stereocenters. The predicted molar refractivity (Wildman–Crippen MR) is 71.4 cm³/mol. The number of anilines is 1. The van der Waals surface area contributed by atoms with E-state index < -0.39 is 17.5 Å². The molecule has 2 aromatic rings. The molecule has 0 aliphatic rings. The van der Waals surface area contributed by atoms with Crippen LogP contribution in [0.2, 0.25) is 0 Å². The van der Waals surface area contributed by atoms with Crippen molar-refractivity contribution in [1.82, 2.24) is 0 Å². The largest absolute Gasteiger partial charge is 0.495 e. The molecule has 20 heavy (non-hydrogen) atoms. The maximum absolute atomic E-state index is 13.5. The van der Waals surface area contributed by atoms with Crippen molar-refractivity contribution < 1.29 is 17.9 Å². The van der Waals surface area contributed by atoms with E-state index >= 15 is 0 Å². The molecule has 0 heterocycles. The minimum Gasteiger partial charge on any atom is -0.495 e. The standard InChI is InChI=1S/C15H14F3NO/c1-9-3-4-14(15(5-9)20-2)19-8-10-6-12(17)13(18)7-11(10)16/h3-7,19H,8H2,1-2H3. The zero-order valence-corrected chi connectivity index (χ0v) is 11.1. The molecule has 0 aliphatic carbocycles. The SMILES string of the molecule is COc1cc(C)ccc1NCc1cc(F)c(F)cc1F. The third-order valence-electron chi connectivity index (χ3n) is 2.92. The Morgan fingerprint density at radius 2 is 1.70 bits per heavy atom. The summed E-state index contributed by atoms with van der Waals surface area (Å²) >= 11 is 0. The molecule has 2 rings (SSSR count). The summed E-state index contributed by atoms with van der Waals surface area (Å²) in [5.74, 6) is -2.45. The fraction of sp³-hybridized carbons (Fsp3) is 0.200. The Bertz CT molecular complexity index is 629. The molecule has 2 nitrogen and oxygen atoms in total. The van der Waals surface area contributed by atoms with Crippen LogP contribution in [0.1, 0.15) is 11.1 Å². The van der Waals surface area contributed by atoms with E-state index in [-0.39, 0.29) is 12.1 Å². The summed E-state index contributed by atoms with van der Waals surface area (Å²) in [4.78, 5) is 0. The van der Waals surface area contributed by atoms with Crippen molar-refractivity contribution in [2.45, 2.75) is 13.5 Å². The van der Waals surface area contributed by atoms with Gasteiger partial charge >= 0.3 is 0 Å². The molecule has 5 heteroatoms. The normalized spacial score (nSPS) is 10.4. The number of hydrogen-bond acceptors (Lipinski definition) is 2. The number of nitrogens with one attached hydrogen (secondary N) is 1. The minimum atomic E-state index is -1.20. The summed E-state index contributed by atoms with van der Waals surface area (Å²) in [6, 6.07) is 6.86. The van der Waals surface area contributed by atoms with Gasteiger partial charge in [0.2, 0.25) is 0 Å². The number of hydrogen-bond donors (Lipinski definition) is 1. The molecular formula is C15H14F3NO. The first-order chi connectivity index (χ1) is 9.51. The summed E-state index contributed by atoms with van der Waals surface area (Å²) in [5.41, 5.74) is 1.72. The molecule has 0 saturated heterocycles. The Balaban J connectivity index is 2.19. The summed E-state index contributed by atoms with van der Waals surface area (Å²) in [5, 5.41) is 2.94. The lowest BCUT2D eigenvalue weighted by Crippen LogP contribution is -2.05. The van der Waals surface area contributed by atoms with E-state index in [0.717, 1.165) is 11.6 Å². The van der Waals surface area contributed by atoms with Crippen LogP contribution in [0.4, 0.5) is 18.9 Å². The van der Waals surface area contributed by atoms with Gasteiger partial charge in [-0.2, -0.15) is 0 Å². The van der Waals surface area contributed by atoms with Crippen LogP contribution in [0.25, 0.3) is 0 Å². The van der Waals surface area contributed by atoms with E-state index in [1.165, 1.54) is 7.11 Å². The van der Waals surface area contributed by atoms with E-state index in [4.69, 9.17) is 4.74 Å². The lowest BCUT2D eigenvalue weighted by Gasteiger charge is -2.12. The molecule has 0 spiro atoms. The third kappa shape index (κ3) is 3.04. The van der Waals surface area contributed by atoms with Gasteiger partial charge in [0.05, 0.1) is 12.8 Å². The Hall–Kier alpha value is -2.17. The van der Waals surface area contributed by atoms with Crippen LogP contribution in [-0.2, 0) is 6.54 Å². The van der Waals surface area contributed by atoms with Crippen molar-refractivity contribution >= 4 is 5.69 Å². The molecule has 106 valence electrons. The first-order valence-electron chi connectivity index (χ1n) is 6.03. The van der Waals surface area contributed by atoms with E-state index in [0.29, 0.717) is 17.5 Å². The van der Waals surface area contributed by atoms with Crippen molar-refractivity contribution in [1.29, 1.82) is 0 Å². The summed E-state index contributed by atoms with van der Waals surface area (Å²) in [7, 11) is 1.53. The van der Waals surface area contributed by atoms with Crippen molar-refractivity contribution in [2.24, 2.45) is 0 Å². The number of rotatable bonds is 4. The topological polar surface area (TPSA) is 21.3 Å². The second-order valence-electron chi connectivity index (χ2n) is 4.42. The van der Waals surface area contributed by atoms with E-state index in [1.54, 1.807) is 6.07 Å². The number of methoxy groups -OCH3 is 1. The van der Waals surface area contributed by atoms with Crippen LogP contribution < -0.4 is 10.1 Å². The average molecular weight is 281 g/mol. The van der Waals surface area contributed by atoms with Crippen LogP contribution in [0.15, 0.2) is 30.3 Å². The van der Waals surface area contributed by atoms with Crippen LogP contribution in [-0.4, -0.2) is 7.11 Å². The van der Waals surface area contributed by atoms with Crippen LogP contribution in [0, 0.1) is 24.4 Å². The summed E-state index contributed by atoms with van der Waals surface area (Å²) in [6.45, 7) is 1.95. The molecule has 0 amide bonds. The number of halogens is 3. The molecule has 0 fully saturated rings. The summed E-state index contributed by atoms with van der Waals surface area (Å²) < 4.78 is 44.6. The molecule has 0 bridgehead atoms. The van der Waals surface area contributed by atoms with Crippen LogP contribution in [0.3, 0.4) is 0 Å². The van der Waals surface area contributed by atoms with E-state index in [2.05, 4.69) is 5.32 Å². The van der Waals surface area contributed by atoms with Crippen molar-refractivity contribution in [2.75, 3.05) is 12.4 Å². The number of aryl methyl sites for hydroxylation is 1. The zero-order chi connectivity index (χ0) is 14.7. The smallest absolute Gasteiger partial charge is 0.161 e. The van der Waals surface area contributed by atoms with Gasteiger partial charge in [0.25, 0.3) is 0 Å². The maximum Gasteiger partial charge on any atom is 0.161 e. The second-order valence-corrected chi connectivity index (χ2v) is 4.42. The van der Waals surface area contributed by atoms with Crippen molar-refractivity contribution in [3.05, 3.63) is 58.9 Å². The van der Waals surface area contributed by atoms with Crippen LogP contribution >= 0.6 is 0 Å². The first kappa shape index (κ1) is 14.2. The van der Waals surface area contributed by atoms with Gasteiger partial charge in [0.15, 0.2) is 11.6 Å². The van der Waals surface area contributed by atoms with Crippen LogP contribution in [0.5, 0.6) is 5.75 Å². The quantitative estimate of drug-likeness (QED) is 0.854. The third-order valence-corrected chi connectivity index (χ3v) is 2.92. The molecule has 1 N–H and O–H groups in total. The zero-order valence-electron chi connectivity index (χ0n) is 11.1. The Morgan fingerprint density at radius 1 is 1.00 bits per heavy atom. The average Bonchev–Trinajstić information content (AvgIpc) is 2.42. The van der Waals surface area contributed by atoms with E-state index in [1.807, 2.05) is 19.1 Å². The molecule has 0 radical (unpaired) electrons. The predicted octanol–water partition coefficient (Wildman–Crippen LogP) is 4.03. The molecule has 2 aromatic carbocycles. The van der Waals surface area contributed by atoms with Gasteiger partial charge < -0.3 is 10.1 Å². The van der Waals surface area contributed by atoms with Crippen molar-refractivity contribution in [3.63, 3.8) is 0 Å². The number of benzene rings is 2. The van der Waals surface area contributed by atoms with Gasteiger partial charge in [-0.15, -0.1) is 0 Å². The maximum atomic E-state index is 13.5. The fourth-order valence-electron chi connectivity index (χ4n) is 1.83. The highest BCUT2D eigenvalue weighted by Crippen LogP contribution is 2.26. The second kappa shape index (κ2) is 5.86. The van der Waals surface area contributed by atoms with Gasteiger partial charge in [-0.05, 0) is 30.7 Å². The molecule has 0 atom stereocenters. The number of ether oxygens (including phenoxy) is 1. The molecule has 0 saturated carbocycles. The van der Waals surface area contributed by atoms with E-state index in [9.17, 15) is 13.2 Å². The Labute approximate surface area is 115 Å². The van der Waals surface area contributed by atoms with Gasteiger partial charge in [-0.25, -0.2) is 13.2 Å².